The maximum Gasteiger partial charge on any atom is 0.194 e. The van der Waals surface area contributed by atoms with Gasteiger partial charge in [0.1, 0.15) is 11.6 Å². The number of hydrogen-bond donors (Lipinski definition) is 1. The summed E-state index contributed by atoms with van der Waals surface area (Å²) in [6.07, 6.45) is 4.39. The Morgan fingerprint density at radius 3 is 2.43 bits per heavy atom. The van der Waals surface area contributed by atoms with Crippen molar-refractivity contribution in [3.8, 4) is 0 Å². The molecule has 30 heavy (non-hydrogen) atoms. The highest BCUT2D eigenvalue weighted by Crippen LogP contribution is 2.19. The van der Waals surface area contributed by atoms with Gasteiger partial charge in [-0.1, -0.05) is 0 Å². The van der Waals surface area contributed by atoms with Crippen LogP contribution in [-0.2, 0) is 6.54 Å². The fraction of sp³-hybridized carbons (Fsp3) is 0.478. The van der Waals surface area contributed by atoms with E-state index < -0.39 is 0 Å². The molecule has 2 aliphatic heterocycles. The van der Waals surface area contributed by atoms with Crippen molar-refractivity contribution in [1.82, 2.24) is 15.2 Å². The van der Waals surface area contributed by atoms with Gasteiger partial charge in [-0.25, -0.2) is 14.4 Å². The average Bonchev–Trinajstić information content (AvgIpc) is 3.33. The first-order chi connectivity index (χ1) is 14.7. The number of rotatable bonds is 5. The van der Waals surface area contributed by atoms with Gasteiger partial charge in [-0.2, -0.15) is 0 Å². The van der Waals surface area contributed by atoms with Crippen LogP contribution < -0.4 is 15.1 Å². The molecule has 7 heteroatoms. The summed E-state index contributed by atoms with van der Waals surface area (Å²) in [6.45, 7) is 9.34. The summed E-state index contributed by atoms with van der Waals surface area (Å²) in [7, 11) is 0. The third-order valence-corrected chi connectivity index (χ3v) is 5.76. The molecule has 1 N–H and O–H groups in total. The Labute approximate surface area is 178 Å². The summed E-state index contributed by atoms with van der Waals surface area (Å²) in [5.41, 5.74) is 2.26. The normalized spacial score (nSPS) is 17.5. The topological polar surface area (TPSA) is 47.0 Å². The van der Waals surface area contributed by atoms with Crippen LogP contribution in [0.4, 0.5) is 15.9 Å². The Hall–Kier alpha value is -2.83. The second-order valence-corrected chi connectivity index (χ2v) is 7.84. The second kappa shape index (κ2) is 9.78. The minimum absolute atomic E-state index is 0.192. The number of pyridine rings is 1. The molecule has 0 amide bonds. The van der Waals surface area contributed by atoms with Crippen molar-refractivity contribution in [3.63, 3.8) is 0 Å². The molecule has 0 unspecified atom stereocenters. The van der Waals surface area contributed by atoms with Gasteiger partial charge in [-0.05, 0) is 61.7 Å². The van der Waals surface area contributed by atoms with E-state index >= 15 is 0 Å². The van der Waals surface area contributed by atoms with Gasteiger partial charge < -0.3 is 20.0 Å². The van der Waals surface area contributed by atoms with Gasteiger partial charge in [0.05, 0.1) is 6.54 Å². The fourth-order valence-electron chi connectivity index (χ4n) is 4.10. The number of nitrogens with one attached hydrogen (secondary N) is 1. The molecule has 3 heterocycles. The van der Waals surface area contributed by atoms with E-state index in [1.54, 1.807) is 0 Å². The van der Waals surface area contributed by atoms with Crippen molar-refractivity contribution >= 4 is 17.5 Å². The molecular formula is C23H31FN6. The van der Waals surface area contributed by atoms with E-state index in [1.165, 1.54) is 30.5 Å². The van der Waals surface area contributed by atoms with Crippen LogP contribution in [0.25, 0.3) is 0 Å². The van der Waals surface area contributed by atoms with Crippen molar-refractivity contribution in [1.29, 1.82) is 0 Å². The third-order valence-electron chi connectivity index (χ3n) is 5.76. The Balaban J connectivity index is 1.38. The number of hydrogen-bond acceptors (Lipinski definition) is 4. The van der Waals surface area contributed by atoms with Crippen molar-refractivity contribution < 1.29 is 4.39 Å². The number of piperazine rings is 1. The van der Waals surface area contributed by atoms with E-state index in [9.17, 15) is 4.39 Å². The van der Waals surface area contributed by atoms with Crippen molar-refractivity contribution in [2.75, 3.05) is 55.6 Å². The summed E-state index contributed by atoms with van der Waals surface area (Å²) in [5, 5.41) is 3.44. The summed E-state index contributed by atoms with van der Waals surface area (Å²) in [6, 6.07) is 11.0. The van der Waals surface area contributed by atoms with E-state index in [0.717, 1.165) is 63.3 Å². The van der Waals surface area contributed by atoms with E-state index in [-0.39, 0.29) is 5.82 Å². The van der Waals surface area contributed by atoms with Gasteiger partial charge in [0.25, 0.3) is 0 Å². The smallest absolute Gasteiger partial charge is 0.194 e. The minimum atomic E-state index is -0.192. The van der Waals surface area contributed by atoms with E-state index in [4.69, 9.17) is 4.99 Å². The summed E-state index contributed by atoms with van der Waals surface area (Å²) < 4.78 is 13.2. The zero-order chi connectivity index (χ0) is 20.8. The molecule has 0 radical (unpaired) electrons. The van der Waals surface area contributed by atoms with Gasteiger partial charge in [0, 0.05) is 57.7 Å². The van der Waals surface area contributed by atoms with E-state index in [0.29, 0.717) is 6.54 Å². The molecule has 2 aliphatic rings. The first-order valence-corrected chi connectivity index (χ1v) is 11.0. The van der Waals surface area contributed by atoms with Crippen LogP contribution in [0.1, 0.15) is 25.3 Å². The summed E-state index contributed by atoms with van der Waals surface area (Å²) in [5.74, 6) is 1.83. The average molecular weight is 411 g/mol. The van der Waals surface area contributed by atoms with Crippen molar-refractivity contribution in [2.24, 2.45) is 4.99 Å². The van der Waals surface area contributed by atoms with Crippen LogP contribution in [-0.4, -0.2) is 61.7 Å². The molecule has 2 fully saturated rings. The Morgan fingerprint density at radius 2 is 1.73 bits per heavy atom. The number of anilines is 2. The molecule has 1 aromatic carbocycles. The molecule has 4 rings (SSSR count). The van der Waals surface area contributed by atoms with Crippen LogP contribution >= 0.6 is 0 Å². The number of guanidine groups is 1. The van der Waals surface area contributed by atoms with Gasteiger partial charge >= 0.3 is 0 Å². The molecule has 0 spiro atoms. The first-order valence-electron chi connectivity index (χ1n) is 11.0. The Kier molecular flexibility index (Phi) is 6.67. The third kappa shape index (κ3) is 5.01. The van der Waals surface area contributed by atoms with Crippen LogP contribution in [0.15, 0.2) is 47.6 Å². The standard InChI is InChI=1S/C23H31FN6/c1-2-25-23(27-18-19-9-10-26-22(17-19)29-11-3-4-12-29)30-15-13-28(14-16-30)21-7-5-20(24)6-8-21/h5-10,17H,2-4,11-16,18H2,1H3,(H,25,27). The highest BCUT2D eigenvalue weighted by Gasteiger charge is 2.20. The van der Waals surface area contributed by atoms with Gasteiger partial charge in [0.2, 0.25) is 0 Å². The van der Waals surface area contributed by atoms with Gasteiger partial charge in [0.15, 0.2) is 5.96 Å². The maximum atomic E-state index is 13.2. The monoisotopic (exact) mass is 410 g/mol. The predicted octanol–water partition coefficient (Wildman–Crippen LogP) is 3.11. The number of aliphatic imine (C=N–C) groups is 1. The molecule has 1 aromatic heterocycles. The van der Waals surface area contributed by atoms with Crippen LogP contribution in [0.2, 0.25) is 0 Å². The number of aromatic nitrogens is 1. The Morgan fingerprint density at radius 1 is 1.00 bits per heavy atom. The molecule has 6 nitrogen and oxygen atoms in total. The maximum absolute atomic E-state index is 13.2. The SMILES string of the molecule is CCNC(=NCc1ccnc(N2CCCC2)c1)N1CCN(c2ccc(F)cc2)CC1. The summed E-state index contributed by atoms with van der Waals surface area (Å²) in [4.78, 5) is 16.4. The molecule has 0 saturated carbocycles. The fourth-order valence-corrected chi connectivity index (χ4v) is 4.10. The summed E-state index contributed by atoms with van der Waals surface area (Å²) >= 11 is 0. The largest absolute Gasteiger partial charge is 0.368 e. The zero-order valence-electron chi connectivity index (χ0n) is 17.7. The molecule has 2 saturated heterocycles. The quantitative estimate of drug-likeness (QED) is 0.606. The van der Waals surface area contributed by atoms with Crippen LogP contribution in [0.5, 0.6) is 0 Å². The molecule has 0 bridgehead atoms. The highest BCUT2D eigenvalue weighted by atomic mass is 19.1. The van der Waals surface area contributed by atoms with Crippen molar-refractivity contribution in [2.45, 2.75) is 26.3 Å². The number of halogens is 1. The Bertz CT molecular complexity index is 839. The van der Waals surface area contributed by atoms with Gasteiger partial charge in [-0.3, -0.25) is 0 Å². The van der Waals surface area contributed by atoms with E-state index in [2.05, 4.69) is 44.1 Å². The second-order valence-electron chi connectivity index (χ2n) is 7.84. The lowest BCUT2D eigenvalue weighted by molar-refractivity contribution is 0.372. The lowest BCUT2D eigenvalue weighted by Crippen LogP contribution is -2.52. The minimum Gasteiger partial charge on any atom is -0.368 e. The van der Waals surface area contributed by atoms with E-state index in [1.807, 2.05) is 18.3 Å². The van der Waals surface area contributed by atoms with Crippen LogP contribution in [0, 0.1) is 5.82 Å². The first kappa shape index (κ1) is 20.4. The number of nitrogens with zero attached hydrogens (tertiary/aromatic N) is 5. The molecule has 0 atom stereocenters. The highest BCUT2D eigenvalue weighted by molar-refractivity contribution is 5.80. The number of benzene rings is 1. The zero-order valence-corrected chi connectivity index (χ0v) is 17.7. The molecule has 2 aromatic rings. The van der Waals surface area contributed by atoms with Gasteiger partial charge in [-0.15, -0.1) is 0 Å². The van der Waals surface area contributed by atoms with Crippen molar-refractivity contribution in [3.05, 3.63) is 54.0 Å². The molecule has 160 valence electrons. The predicted molar refractivity (Wildman–Crippen MR) is 121 cm³/mol. The molecular weight excluding hydrogens is 379 g/mol. The lowest BCUT2D eigenvalue weighted by Gasteiger charge is -2.37. The lowest BCUT2D eigenvalue weighted by atomic mass is 10.2. The molecule has 0 aliphatic carbocycles. The van der Waals surface area contributed by atoms with Crippen LogP contribution in [0.3, 0.4) is 0 Å².